The van der Waals surface area contributed by atoms with Crippen LogP contribution in [-0.2, 0) is 0 Å². The Morgan fingerprint density at radius 1 is 1.38 bits per heavy atom. The molecule has 7 heteroatoms. The number of phenolic OH excluding ortho intramolecular Hbond substituents is 1. The van der Waals surface area contributed by atoms with Gasteiger partial charge < -0.3 is 14.7 Å². The molecule has 1 saturated heterocycles. The maximum Gasteiger partial charge on any atom is 0.160 e. The number of rotatable bonds is 4. The number of thioether (sulfide) groups is 1. The van der Waals surface area contributed by atoms with E-state index in [0.717, 1.165) is 33.1 Å². The second kappa shape index (κ2) is 7.12. The number of ether oxygens (including phenoxy) is 1. The van der Waals surface area contributed by atoms with E-state index >= 15 is 0 Å². The quantitative estimate of drug-likeness (QED) is 0.766. The summed E-state index contributed by atoms with van der Waals surface area (Å²) in [5.74, 6) is 1.64. The van der Waals surface area contributed by atoms with Crippen molar-refractivity contribution in [3.05, 3.63) is 52.3 Å². The number of phenols is 1. The summed E-state index contributed by atoms with van der Waals surface area (Å²) in [6.07, 6.45) is 2.87. The summed E-state index contributed by atoms with van der Waals surface area (Å²) in [5.41, 5.74) is 2.00. The van der Waals surface area contributed by atoms with E-state index in [0.29, 0.717) is 11.8 Å². The van der Waals surface area contributed by atoms with Gasteiger partial charge >= 0.3 is 0 Å². The molecule has 136 valence electrons. The van der Waals surface area contributed by atoms with Crippen molar-refractivity contribution in [1.29, 1.82) is 0 Å². The van der Waals surface area contributed by atoms with E-state index in [1.54, 1.807) is 13.2 Å². The van der Waals surface area contributed by atoms with E-state index in [2.05, 4.69) is 32.7 Å². The van der Waals surface area contributed by atoms with Crippen molar-refractivity contribution in [3.8, 4) is 11.5 Å². The van der Waals surface area contributed by atoms with Gasteiger partial charge in [-0.05, 0) is 36.2 Å². The third-order valence-corrected chi connectivity index (χ3v) is 6.76. The average Bonchev–Trinajstić information content (AvgIpc) is 3.22. The van der Waals surface area contributed by atoms with E-state index in [9.17, 15) is 5.11 Å². The number of hydrogen-bond donors (Lipinski definition) is 1. The van der Waals surface area contributed by atoms with E-state index in [4.69, 9.17) is 9.73 Å². The van der Waals surface area contributed by atoms with Crippen molar-refractivity contribution >= 4 is 32.9 Å². The molecule has 0 saturated carbocycles. The number of halogens is 1. The average molecular weight is 434 g/mol. The number of aliphatic imine (C=N–C) groups is 1. The van der Waals surface area contributed by atoms with Crippen LogP contribution in [0.15, 0.2) is 46.0 Å². The summed E-state index contributed by atoms with van der Waals surface area (Å²) in [7, 11) is 1.57. The van der Waals surface area contributed by atoms with Crippen LogP contribution < -0.4 is 4.74 Å². The minimum absolute atomic E-state index is 0.0173. The maximum absolute atomic E-state index is 10.1. The molecule has 0 spiro atoms. The first kappa shape index (κ1) is 17.7. The highest BCUT2D eigenvalue weighted by atomic mass is 79.9. The van der Waals surface area contributed by atoms with Gasteiger partial charge in [-0.15, -0.1) is 0 Å². The second-order valence-electron chi connectivity index (χ2n) is 6.38. The van der Waals surface area contributed by atoms with Crippen LogP contribution in [0, 0.1) is 0 Å². The van der Waals surface area contributed by atoms with E-state index < -0.39 is 0 Å². The Bertz CT molecular complexity index is 846. The first-order valence-corrected chi connectivity index (χ1v) is 10.4. The molecule has 0 aliphatic carbocycles. The number of benzene rings is 1. The maximum atomic E-state index is 10.1. The highest BCUT2D eigenvalue weighted by Gasteiger charge is 2.46. The van der Waals surface area contributed by atoms with Gasteiger partial charge in [-0.25, -0.2) is 0 Å². The lowest BCUT2D eigenvalue weighted by molar-refractivity contribution is 0.253. The predicted octanol–water partition coefficient (Wildman–Crippen LogP) is 4.54. The minimum atomic E-state index is -0.0846. The fraction of sp³-hybridized carbons (Fsp3) is 0.368. The minimum Gasteiger partial charge on any atom is -0.504 e. The first-order valence-electron chi connectivity index (χ1n) is 8.60. The Balaban J connectivity index is 1.85. The number of fused-ring (bicyclic) bond motifs is 1. The molecule has 0 bridgehead atoms. The van der Waals surface area contributed by atoms with Crippen LogP contribution in [0.4, 0.5) is 0 Å². The van der Waals surface area contributed by atoms with Crippen LogP contribution in [0.1, 0.15) is 36.7 Å². The van der Waals surface area contributed by atoms with Crippen LogP contribution in [0.3, 0.4) is 0 Å². The highest BCUT2D eigenvalue weighted by Crippen LogP contribution is 2.51. The number of hydrogen-bond acceptors (Lipinski definition) is 6. The molecular weight excluding hydrogens is 414 g/mol. The van der Waals surface area contributed by atoms with Crippen molar-refractivity contribution in [2.75, 3.05) is 12.9 Å². The SMILES string of the molecule is CC[C@@H]1CSC2=N[C@H](c3ccccn3)[C@H](c3cc(OC)c(O)cc3Br)N21. The molecule has 1 fully saturated rings. The van der Waals surface area contributed by atoms with Crippen molar-refractivity contribution in [2.24, 2.45) is 4.99 Å². The van der Waals surface area contributed by atoms with E-state index in [1.165, 1.54) is 0 Å². The van der Waals surface area contributed by atoms with Gasteiger partial charge in [0.15, 0.2) is 16.7 Å². The Hall–Kier alpha value is -1.73. The molecule has 2 aliphatic rings. The molecule has 2 aliphatic heterocycles. The topological polar surface area (TPSA) is 58.0 Å². The summed E-state index contributed by atoms with van der Waals surface area (Å²) >= 11 is 5.45. The number of pyridine rings is 1. The van der Waals surface area contributed by atoms with Gasteiger partial charge in [-0.1, -0.05) is 40.7 Å². The third kappa shape index (κ3) is 2.87. The molecule has 1 aromatic heterocycles. The van der Waals surface area contributed by atoms with Crippen molar-refractivity contribution in [3.63, 3.8) is 0 Å². The van der Waals surface area contributed by atoms with Crippen LogP contribution in [0.5, 0.6) is 11.5 Å². The zero-order valence-electron chi connectivity index (χ0n) is 14.6. The van der Waals surface area contributed by atoms with Crippen LogP contribution in [0.2, 0.25) is 0 Å². The zero-order chi connectivity index (χ0) is 18.3. The monoisotopic (exact) mass is 433 g/mol. The van der Waals surface area contributed by atoms with Gasteiger partial charge in [-0.3, -0.25) is 9.98 Å². The van der Waals surface area contributed by atoms with Crippen molar-refractivity contribution in [1.82, 2.24) is 9.88 Å². The van der Waals surface area contributed by atoms with Crippen LogP contribution >= 0.6 is 27.7 Å². The fourth-order valence-corrected chi connectivity index (χ4v) is 5.54. The molecule has 1 aromatic carbocycles. The molecule has 0 unspecified atom stereocenters. The molecule has 26 heavy (non-hydrogen) atoms. The Morgan fingerprint density at radius 3 is 2.92 bits per heavy atom. The van der Waals surface area contributed by atoms with E-state index in [1.807, 2.05) is 42.2 Å². The number of amidine groups is 1. The molecule has 4 rings (SSSR count). The standard InChI is InChI=1S/C19H20BrN3O2S/c1-3-11-10-26-19-22-17(14-6-4-5-7-21-14)18(23(11)19)12-8-16(25-2)15(24)9-13(12)20/h4-9,11,17-18,24H,3,10H2,1-2H3/t11-,17-,18+/m1/s1. The van der Waals surface area contributed by atoms with Crippen LogP contribution in [-0.4, -0.2) is 39.1 Å². The molecular formula is C19H20BrN3O2S. The third-order valence-electron chi connectivity index (χ3n) is 4.95. The number of aromatic hydroxyl groups is 1. The molecule has 0 radical (unpaired) electrons. The molecule has 3 heterocycles. The lowest BCUT2D eigenvalue weighted by Gasteiger charge is -2.32. The number of aromatic nitrogens is 1. The summed E-state index contributed by atoms with van der Waals surface area (Å²) in [4.78, 5) is 12.0. The first-order chi connectivity index (χ1) is 12.6. The predicted molar refractivity (Wildman–Crippen MR) is 108 cm³/mol. The highest BCUT2D eigenvalue weighted by molar-refractivity contribution is 9.10. The summed E-state index contributed by atoms with van der Waals surface area (Å²) < 4.78 is 6.21. The molecule has 5 nitrogen and oxygen atoms in total. The molecule has 2 aromatic rings. The lowest BCUT2D eigenvalue weighted by Crippen LogP contribution is -2.35. The molecule has 0 amide bonds. The largest absolute Gasteiger partial charge is 0.504 e. The van der Waals surface area contributed by atoms with Gasteiger partial charge in [0.05, 0.1) is 18.8 Å². The van der Waals surface area contributed by atoms with E-state index in [-0.39, 0.29) is 17.8 Å². The molecule has 1 N–H and O–H groups in total. The fourth-order valence-electron chi connectivity index (χ4n) is 3.64. The van der Waals surface area contributed by atoms with Gasteiger partial charge in [0, 0.05) is 22.5 Å². The van der Waals surface area contributed by atoms with Crippen LogP contribution in [0.25, 0.3) is 0 Å². The molecule has 3 atom stereocenters. The Morgan fingerprint density at radius 2 is 2.23 bits per heavy atom. The summed E-state index contributed by atoms with van der Waals surface area (Å²) in [6.45, 7) is 2.21. The van der Waals surface area contributed by atoms with Crippen molar-refractivity contribution in [2.45, 2.75) is 31.5 Å². The number of nitrogens with zero attached hydrogens (tertiary/aromatic N) is 3. The van der Waals surface area contributed by atoms with Gasteiger partial charge in [0.1, 0.15) is 6.04 Å². The normalized spacial score (nSPS) is 24.5. The second-order valence-corrected chi connectivity index (χ2v) is 8.22. The Labute approximate surface area is 165 Å². The smallest absolute Gasteiger partial charge is 0.160 e. The van der Waals surface area contributed by atoms with Gasteiger partial charge in [0.2, 0.25) is 0 Å². The Kier molecular flexibility index (Phi) is 4.84. The van der Waals surface area contributed by atoms with Gasteiger partial charge in [-0.2, -0.15) is 0 Å². The van der Waals surface area contributed by atoms with Gasteiger partial charge in [0.25, 0.3) is 0 Å². The summed E-state index contributed by atoms with van der Waals surface area (Å²) in [5, 5.41) is 11.2. The zero-order valence-corrected chi connectivity index (χ0v) is 17.0. The van der Waals surface area contributed by atoms with Crippen molar-refractivity contribution < 1.29 is 9.84 Å². The number of methoxy groups -OCH3 is 1. The lowest BCUT2D eigenvalue weighted by atomic mass is 9.95. The summed E-state index contributed by atoms with van der Waals surface area (Å²) in [6, 6.07) is 9.93.